The molecule has 6 nitrogen and oxygen atoms in total. The van der Waals surface area contributed by atoms with Gasteiger partial charge in [-0.3, -0.25) is 4.79 Å². The van der Waals surface area contributed by atoms with Crippen molar-refractivity contribution in [1.29, 1.82) is 0 Å². The quantitative estimate of drug-likeness (QED) is 0.545. The lowest BCUT2D eigenvalue weighted by molar-refractivity contribution is -0.156. The van der Waals surface area contributed by atoms with Crippen molar-refractivity contribution in [2.24, 2.45) is 5.41 Å². The van der Waals surface area contributed by atoms with E-state index < -0.39 is 34.1 Å². The van der Waals surface area contributed by atoms with E-state index in [2.05, 4.69) is 13.8 Å². The summed E-state index contributed by atoms with van der Waals surface area (Å²) in [5.41, 5.74) is 3.34. The van der Waals surface area contributed by atoms with Crippen molar-refractivity contribution < 1.29 is 28.2 Å². The van der Waals surface area contributed by atoms with E-state index in [4.69, 9.17) is 4.74 Å². The number of carbonyl (C=O) groups excluding carboxylic acids is 1. The number of esters is 1. The highest BCUT2D eigenvalue weighted by Gasteiger charge is 2.32. The Hall–Kier alpha value is -1.96. The van der Waals surface area contributed by atoms with E-state index in [1.54, 1.807) is 6.07 Å². The van der Waals surface area contributed by atoms with Gasteiger partial charge >= 0.3 is 5.97 Å². The minimum Gasteiger partial charge on any atom is -0.458 e. The van der Waals surface area contributed by atoms with E-state index in [1.165, 1.54) is 0 Å². The van der Waals surface area contributed by atoms with Gasteiger partial charge in [0.2, 0.25) is 0 Å². The number of aryl methyl sites for hydroxylation is 1. The van der Waals surface area contributed by atoms with Crippen molar-refractivity contribution in [2.75, 3.05) is 5.75 Å². The number of hydrogen-bond donors (Lipinski definition) is 2. The van der Waals surface area contributed by atoms with Gasteiger partial charge in [0, 0.05) is 6.42 Å². The molecule has 0 saturated carbocycles. The van der Waals surface area contributed by atoms with E-state index >= 15 is 0 Å². The smallest absolute Gasteiger partial charge is 0.309 e. The molecule has 0 spiro atoms. The fraction of sp³-hybridized carbons (Fsp3) is 0.593. The SMILES string of the molecule is CCCCS(=O)(=O)c1ccc(C2=C(C=C[C@H]3C[C@H](O)CC(=O)O3)C(C)(C)CCC(O)C2)cc1C. The summed E-state index contributed by atoms with van der Waals surface area (Å²) in [6, 6.07) is 5.43. The third-order valence-electron chi connectivity index (χ3n) is 6.89. The summed E-state index contributed by atoms with van der Waals surface area (Å²) < 4.78 is 30.9. The fourth-order valence-corrected chi connectivity index (χ4v) is 6.59. The molecule has 1 aromatic carbocycles. The maximum Gasteiger partial charge on any atom is 0.309 e. The summed E-state index contributed by atoms with van der Waals surface area (Å²) in [4.78, 5) is 12.1. The second kappa shape index (κ2) is 10.8. The third kappa shape index (κ3) is 6.37. The number of rotatable bonds is 7. The van der Waals surface area contributed by atoms with E-state index in [0.717, 1.165) is 29.6 Å². The van der Waals surface area contributed by atoms with Crippen LogP contribution in [0.5, 0.6) is 0 Å². The molecular weight excluding hydrogens is 452 g/mol. The van der Waals surface area contributed by atoms with Gasteiger partial charge in [0.15, 0.2) is 9.84 Å². The van der Waals surface area contributed by atoms with Crippen molar-refractivity contribution in [3.05, 3.63) is 47.1 Å². The summed E-state index contributed by atoms with van der Waals surface area (Å²) in [6.07, 6.45) is 5.81. The van der Waals surface area contributed by atoms with Crippen molar-refractivity contribution in [1.82, 2.24) is 0 Å². The second-order valence-electron chi connectivity index (χ2n) is 10.3. The molecule has 1 fully saturated rings. The van der Waals surface area contributed by atoms with Crippen LogP contribution in [0.4, 0.5) is 0 Å². The first kappa shape index (κ1) is 26.6. The highest BCUT2D eigenvalue weighted by molar-refractivity contribution is 7.91. The van der Waals surface area contributed by atoms with Crippen molar-refractivity contribution in [2.45, 2.75) is 95.8 Å². The number of carbonyl (C=O) groups is 1. The minimum absolute atomic E-state index is 0.0166. The van der Waals surface area contributed by atoms with Crippen LogP contribution in [0.1, 0.15) is 76.8 Å². The number of hydrogen-bond acceptors (Lipinski definition) is 6. The fourth-order valence-electron chi connectivity index (χ4n) is 4.88. The van der Waals surface area contributed by atoms with E-state index in [9.17, 15) is 23.4 Å². The van der Waals surface area contributed by atoms with Gasteiger partial charge in [0.1, 0.15) is 6.10 Å². The summed E-state index contributed by atoms with van der Waals surface area (Å²) in [5.74, 6) is -0.272. The number of ether oxygens (including phenoxy) is 1. The largest absolute Gasteiger partial charge is 0.458 e. The maximum absolute atomic E-state index is 12.8. The maximum atomic E-state index is 12.8. The van der Waals surface area contributed by atoms with Crippen LogP contribution < -0.4 is 0 Å². The van der Waals surface area contributed by atoms with Gasteiger partial charge < -0.3 is 14.9 Å². The minimum atomic E-state index is -3.34. The van der Waals surface area contributed by atoms with E-state index in [1.807, 2.05) is 38.1 Å². The highest BCUT2D eigenvalue weighted by atomic mass is 32.2. The Morgan fingerprint density at radius 2 is 1.91 bits per heavy atom. The Balaban J connectivity index is 2.04. The molecule has 1 aromatic rings. The average Bonchev–Trinajstić information content (AvgIpc) is 2.85. The lowest BCUT2D eigenvalue weighted by atomic mass is 9.77. The molecule has 0 bridgehead atoms. The first-order valence-electron chi connectivity index (χ1n) is 12.2. The summed E-state index contributed by atoms with van der Waals surface area (Å²) in [7, 11) is -3.34. The van der Waals surface area contributed by atoms with Crippen LogP contribution in [0.15, 0.2) is 40.8 Å². The van der Waals surface area contributed by atoms with Crippen molar-refractivity contribution >= 4 is 21.4 Å². The predicted molar refractivity (Wildman–Crippen MR) is 133 cm³/mol. The Labute approximate surface area is 203 Å². The average molecular weight is 491 g/mol. The van der Waals surface area contributed by atoms with Crippen LogP contribution in [-0.2, 0) is 19.4 Å². The zero-order chi connectivity index (χ0) is 25.1. The van der Waals surface area contributed by atoms with Crippen LogP contribution >= 0.6 is 0 Å². The Morgan fingerprint density at radius 3 is 2.56 bits per heavy atom. The molecule has 0 amide bonds. The van der Waals surface area contributed by atoms with Crippen LogP contribution in [0.3, 0.4) is 0 Å². The Bertz CT molecular complexity index is 1070. The Kier molecular flexibility index (Phi) is 8.43. The van der Waals surface area contributed by atoms with Gasteiger partial charge in [0.05, 0.1) is 29.3 Å². The van der Waals surface area contributed by atoms with E-state index in [-0.39, 0.29) is 17.6 Å². The van der Waals surface area contributed by atoms with Crippen LogP contribution in [0, 0.1) is 12.3 Å². The number of allylic oxidation sites excluding steroid dienone is 2. The first-order chi connectivity index (χ1) is 15.9. The van der Waals surface area contributed by atoms with Gasteiger partial charge in [-0.1, -0.05) is 45.4 Å². The molecule has 0 aromatic heterocycles. The number of aliphatic hydroxyl groups is 2. The van der Waals surface area contributed by atoms with Gasteiger partial charge in [-0.2, -0.15) is 0 Å². The molecule has 0 radical (unpaired) electrons. The number of unbranched alkanes of at least 4 members (excludes halogenated alkanes) is 1. The molecular formula is C27H38O6S. The molecule has 2 N–H and O–H groups in total. The Morgan fingerprint density at radius 1 is 1.18 bits per heavy atom. The van der Waals surface area contributed by atoms with Crippen LogP contribution in [0.2, 0.25) is 0 Å². The van der Waals surface area contributed by atoms with Crippen LogP contribution in [0.25, 0.3) is 5.57 Å². The molecule has 7 heteroatoms. The molecule has 188 valence electrons. The molecule has 1 unspecified atom stereocenters. The third-order valence-corrected chi connectivity index (χ3v) is 8.84. The number of sulfone groups is 1. The summed E-state index contributed by atoms with van der Waals surface area (Å²) in [5, 5.41) is 20.6. The molecule has 3 rings (SSSR count). The monoisotopic (exact) mass is 490 g/mol. The molecule has 1 aliphatic carbocycles. The molecule has 1 heterocycles. The highest BCUT2D eigenvalue weighted by Crippen LogP contribution is 2.43. The zero-order valence-corrected chi connectivity index (χ0v) is 21.5. The number of aliphatic hydroxyl groups excluding tert-OH is 2. The van der Waals surface area contributed by atoms with E-state index in [0.29, 0.717) is 36.1 Å². The zero-order valence-electron chi connectivity index (χ0n) is 20.7. The summed E-state index contributed by atoms with van der Waals surface area (Å²) in [6.45, 7) is 8.05. The lowest BCUT2D eigenvalue weighted by Gasteiger charge is -2.28. The predicted octanol–water partition coefficient (Wildman–Crippen LogP) is 4.52. The standard InChI is InChI=1S/C27H38O6S/c1-5-6-13-34(31,32)25-10-7-19(14-18(25)2)23-16-20(28)11-12-27(3,4)24(23)9-8-22-15-21(29)17-26(30)33-22/h7-10,14,20-22,28-29H,5-6,11-13,15-17H2,1-4H3/t20?,21-,22-/m0/s1. The molecule has 3 atom stereocenters. The van der Waals surface area contributed by atoms with Crippen LogP contribution in [-0.4, -0.2) is 48.7 Å². The van der Waals surface area contributed by atoms with Crippen molar-refractivity contribution in [3.8, 4) is 0 Å². The number of benzene rings is 1. The van der Waals surface area contributed by atoms with Gasteiger partial charge in [-0.15, -0.1) is 0 Å². The van der Waals surface area contributed by atoms with Gasteiger partial charge in [-0.05, 0) is 72.4 Å². The molecule has 2 aliphatic rings. The summed E-state index contributed by atoms with van der Waals surface area (Å²) >= 11 is 0. The molecule has 1 saturated heterocycles. The van der Waals surface area contributed by atoms with Gasteiger partial charge in [-0.25, -0.2) is 8.42 Å². The number of cyclic esters (lactones) is 1. The second-order valence-corrected chi connectivity index (χ2v) is 12.4. The first-order valence-corrected chi connectivity index (χ1v) is 13.9. The van der Waals surface area contributed by atoms with Crippen molar-refractivity contribution in [3.63, 3.8) is 0 Å². The topological polar surface area (TPSA) is 101 Å². The molecule has 1 aliphatic heterocycles. The molecule has 34 heavy (non-hydrogen) atoms. The normalized spacial score (nSPS) is 25.9. The lowest BCUT2D eigenvalue weighted by Crippen LogP contribution is -2.31. The van der Waals surface area contributed by atoms with Gasteiger partial charge in [0.25, 0.3) is 0 Å².